The van der Waals surface area contributed by atoms with Crippen molar-refractivity contribution in [2.45, 2.75) is 0 Å². The Hall–Kier alpha value is 0.860. The zero-order chi connectivity index (χ0) is 4.28. The minimum absolute atomic E-state index is 0.278. The van der Waals surface area contributed by atoms with E-state index >= 15 is 0 Å². The molecule has 0 rings (SSSR count). The van der Waals surface area contributed by atoms with Gasteiger partial charge in [-0.2, -0.15) is 0 Å². The molecule has 32 valence electrons. The molecule has 0 spiro atoms. The summed E-state index contributed by atoms with van der Waals surface area (Å²) in [6, 6.07) is 0. The van der Waals surface area contributed by atoms with Gasteiger partial charge in [0, 0.05) is 0 Å². The molecule has 0 aromatic carbocycles. The maximum atomic E-state index is 9.22. The van der Waals surface area contributed by atoms with Crippen molar-refractivity contribution in [3.05, 3.63) is 10.1 Å². The summed E-state index contributed by atoms with van der Waals surface area (Å²) in [5, 5.41) is 9.22. The van der Waals surface area contributed by atoms with Gasteiger partial charge in [0.25, 0.3) is 0 Å². The van der Waals surface area contributed by atoms with Gasteiger partial charge >= 0.3 is 49.4 Å². The Morgan fingerprint density at radius 2 is 2.20 bits per heavy atom. The molecule has 0 unspecified atom stereocenters. The SMILES string of the molecule is O=[N+]([O-])[I-]I. The van der Waals surface area contributed by atoms with E-state index in [9.17, 15) is 10.1 Å². The van der Waals surface area contributed by atoms with Crippen LogP contribution in [0.4, 0.5) is 0 Å². The number of halogens is 2. The predicted octanol–water partition coefficient (Wildman–Crippen LogP) is -2.38. The van der Waals surface area contributed by atoms with Gasteiger partial charge in [0.15, 0.2) is 0 Å². The zero-order valence-electron chi connectivity index (χ0n) is 2.02. The average Bonchev–Trinajstić information content (AvgIpc) is 1.38. The van der Waals surface area contributed by atoms with Crippen LogP contribution in [0.5, 0.6) is 0 Å². The van der Waals surface area contributed by atoms with Crippen LogP contribution in [0.15, 0.2) is 0 Å². The van der Waals surface area contributed by atoms with Crippen molar-refractivity contribution < 1.29 is 20.6 Å². The van der Waals surface area contributed by atoms with Gasteiger partial charge in [0.05, 0.1) is 0 Å². The summed E-state index contributed by atoms with van der Waals surface area (Å²) in [5.41, 5.74) is 0. The zero-order valence-corrected chi connectivity index (χ0v) is 6.33. The van der Waals surface area contributed by atoms with Crippen molar-refractivity contribution in [1.29, 1.82) is 0 Å². The van der Waals surface area contributed by atoms with Gasteiger partial charge < -0.3 is 0 Å². The second kappa shape index (κ2) is 3.07. The van der Waals surface area contributed by atoms with Gasteiger partial charge in [-0.25, -0.2) is 0 Å². The van der Waals surface area contributed by atoms with E-state index in [0.717, 1.165) is 0 Å². The van der Waals surface area contributed by atoms with Crippen molar-refractivity contribution in [3.63, 3.8) is 0 Å². The van der Waals surface area contributed by atoms with E-state index in [2.05, 4.69) is 0 Å². The van der Waals surface area contributed by atoms with Crippen LogP contribution < -0.4 is 17.5 Å². The molecule has 0 saturated carbocycles. The molecule has 3 nitrogen and oxygen atoms in total. The van der Waals surface area contributed by atoms with Crippen molar-refractivity contribution >= 4 is 18.6 Å². The number of nitrogens with zero attached hydrogens (tertiary/aromatic N) is 1. The molecule has 0 aromatic rings. The molecule has 0 amide bonds. The number of nitro groups is 1. The molecule has 0 fully saturated rings. The molecule has 0 atom stereocenters. The quantitative estimate of drug-likeness (QED) is 0.235. The van der Waals surface area contributed by atoms with Crippen molar-refractivity contribution in [3.8, 4) is 0 Å². The van der Waals surface area contributed by atoms with Crippen LogP contribution in [0.2, 0.25) is 0 Å². The number of rotatable bonds is 1. The van der Waals surface area contributed by atoms with E-state index in [-0.39, 0.29) is 3.14 Å². The molecule has 0 bridgehead atoms. The van der Waals surface area contributed by atoms with Crippen LogP contribution in [-0.4, -0.2) is 3.14 Å². The van der Waals surface area contributed by atoms with E-state index in [0.29, 0.717) is 0 Å². The molecule has 5 heteroatoms. The van der Waals surface area contributed by atoms with Crippen LogP contribution in [0.3, 0.4) is 0 Å². The Morgan fingerprint density at radius 1 is 2.00 bits per heavy atom. The molecule has 5 heavy (non-hydrogen) atoms. The molecule has 0 N–H and O–H groups in total. The summed E-state index contributed by atoms with van der Waals surface area (Å²) in [6.07, 6.45) is 0. The monoisotopic (exact) mass is 300 g/mol. The molecule has 0 aromatic heterocycles. The number of hydrogen-bond acceptors (Lipinski definition) is 2. The van der Waals surface area contributed by atoms with E-state index in [1.165, 1.54) is 0 Å². The first-order valence-corrected chi connectivity index (χ1v) is 7.93. The van der Waals surface area contributed by atoms with Crippen LogP contribution in [0, 0.1) is 10.1 Å². The van der Waals surface area contributed by atoms with E-state index < -0.39 is 17.5 Å². The van der Waals surface area contributed by atoms with E-state index in [1.807, 2.05) is 0 Å². The maximum absolute atomic E-state index is 9.22. The second-order valence-corrected chi connectivity index (χ2v) is 3.88. The third kappa shape index (κ3) is 4.86. The first-order chi connectivity index (χ1) is 2.27. The summed E-state index contributed by atoms with van der Waals surface area (Å²) >= 11 is 1.03. The fraction of sp³-hybridized carbons (Fsp3) is 0. The Balaban J connectivity index is 2.85. The van der Waals surface area contributed by atoms with Gasteiger partial charge in [-0.05, 0) is 0 Å². The normalized spacial score (nSPS) is 8.20. The third-order valence-electron chi connectivity index (χ3n) is 0.0522. The summed E-state index contributed by atoms with van der Waals surface area (Å²) in [4.78, 5) is 9.22. The van der Waals surface area contributed by atoms with Crippen molar-refractivity contribution in [2.75, 3.05) is 0 Å². The van der Waals surface area contributed by atoms with E-state index in [4.69, 9.17) is 0 Å². The Kier molecular flexibility index (Phi) is 3.59. The molecule has 0 aliphatic heterocycles. The van der Waals surface area contributed by atoms with Crippen LogP contribution in [0.25, 0.3) is 0 Å². The summed E-state index contributed by atoms with van der Waals surface area (Å²) in [5.74, 6) is 0. The van der Waals surface area contributed by atoms with Crippen molar-refractivity contribution in [1.82, 2.24) is 0 Å². The molecule has 0 radical (unpaired) electrons. The van der Waals surface area contributed by atoms with Crippen LogP contribution in [0.1, 0.15) is 0 Å². The minimum atomic E-state index is -0.760. The molecule has 0 saturated heterocycles. The topological polar surface area (TPSA) is 43.1 Å². The molecule has 0 heterocycles. The Morgan fingerprint density at radius 3 is 2.20 bits per heavy atom. The predicted molar refractivity (Wildman–Crippen MR) is 21.0 cm³/mol. The van der Waals surface area contributed by atoms with Gasteiger partial charge in [-0.3, -0.25) is 0 Å². The van der Waals surface area contributed by atoms with E-state index in [1.54, 1.807) is 18.6 Å². The summed E-state index contributed by atoms with van der Waals surface area (Å²) < 4.78 is -0.278. The van der Waals surface area contributed by atoms with Crippen LogP contribution in [-0.2, 0) is 0 Å². The molecule has 0 aliphatic carbocycles. The second-order valence-electron chi connectivity index (χ2n) is 0.276. The summed E-state index contributed by atoms with van der Waals surface area (Å²) in [7, 11) is 0. The first kappa shape index (κ1) is 5.86. The average molecular weight is 300 g/mol. The first-order valence-electron chi connectivity index (χ1n) is 0.677. The fourth-order valence-electron chi connectivity index (χ4n) is 0. The standard InChI is InChI=1S/I2NO2/c1-2-3(4)5/q-1. The molecular weight excluding hydrogens is 300 g/mol. The number of hydrogen-bond donors (Lipinski definition) is 0. The van der Waals surface area contributed by atoms with Crippen LogP contribution >= 0.6 is 18.6 Å². The summed E-state index contributed by atoms with van der Waals surface area (Å²) in [6.45, 7) is 0. The van der Waals surface area contributed by atoms with Crippen molar-refractivity contribution in [2.24, 2.45) is 0 Å². The molecular formula is I2NO2-. The van der Waals surface area contributed by atoms with Gasteiger partial charge in [-0.15, -0.1) is 0 Å². The molecule has 0 aliphatic rings. The van der Waals surface area contributed by atoms with Gasteiger partial charge in [-0.1, -0.05) is 0 Å². The fourth-order valence-corrected chi connectivity index (χ4v) is 0. The van der Waals surface area contributed by atoms with Gasteiger partial charge in [0.1, 0.15) is 0 Å². The Labute approximate surface area is 49.1 Å². The van der Waals surface area contributed by atoms with Gasteiger partial charge in [0.2, 0.25) is 0 Å². The Bertz CT molecular complexity index is 42.9. The third-order valence-corrected chi connectivity index (χ3v) is 2.35.